The first-order chi connectivity index (χ1) is 8.77. The van der Waals surface area contributed by atoms with Gasteiger partial charge in [-0.1, -0.05) is 18.2 Å². The van der Waals surface area contributed by atoms with Crippen molar-refractivity contribution in [3.05, 3.63) is 34.7 Å². The molecule has 1 aromatic heterocycles. The van der Waals surface area contributed by atoms with Gasteiger partial charge >= 0.3 is 0 Å². The summed E-state index contributed by atoms with van der Waals surface area (Å²) in [6.45, 7) is 5.47. The van der Waals surface area contributed by atoms with E-state index in [9.17, 15) is 4.79 Å². The van der Waals surface area contributed by atoms with E-state index in [-0.39, 0.29) is 5.91 Å². The summed E-state index contributed by atoms with van der Waals surface area (Å²) in [5, 5.41) is 4.48. The number of hydrogen-bond acceptors (Lipinski definition) is 3. The van der Waals surface area contributed by atoms with Crippen LogP contribution in [0.25, 0.3) is 10.1 Å². The molecule has 1 saturated heterocycles. The third-order valence-electron chi connectivity index (χ3n) is 3.44. The third kappa shape index (κ3) is 1.91. The van der Waals surface area contributed by atoms with Crippen molar-refractivity contribution in [2.24, 2.45) is 0 Å². The van der Waals surface area contributed by atoms with Crippen LogP contribution in [0.15, 0.2) is 24.3 Å². The van der Waals surface area contributed by atoms with Crippen molar-refractivity contribution in [1.29, 1.82) is 0 Å². The summed E-state index contributed by atoms with van der Waals surface area (Å²) >= 11 is 1.61. The van der Waals surface area contributed by atoms with E-state index >= 15 is 0 Å². The number of fused-ring (bicyclic) bond motifs is 1. The number of amides is 1. The molecule has 3 rings (SSSR count). The number of nitrogens with zero attached hydrogens (tertiary/aromatic N) is 1. The van der Waals surface area contributed by atoms with Crippen LogP contribution in [0.3, 0.4) is 0 Å². The summed E-state index contributed by atoms with van der Waals surface area (Å²) in [6, 6.07) is 8.23. The first-order valence-corrected chi connectivity index (χ1v) is 7.07. The second-order valence-corrected chi connectivity index (χ2v) is 5.65. The summed E-state index contributed by atoms with van der Waals surface area (Å²) < 4.78 is 1.20. The molecule has 1 aliphatic heterocycles. The van der Waals surface area contributed by atoms with Crippen LogP contribution in [-0.4, -0.2) is 37.0 Å². The van der Waals surface area contributed by atoms with Crippen LogP contribution in [0, 0.1) is 6.92 Å². The number of carbonyl (C=O) groups excluding carboxylic acids is 1. The Bertz CT molecular complexity index is 584. The van der Waals surface area contributed by atoms with E-state index in [1.165, 1.54) is 10.1 Å². The number of rotatable bonds is 1. The van der Waals surface area contributed by atoms with Gasteiger partial charge in [-0.2, -0.15) is 0 Å². The fraction of sp³-hybridized carbons (Fsp3) is 0.357. The predicted molar refractivity (Wildman–Crippen MR) is 75.3 cm³/mol. The molecule has 0 aliphatic carbocycles. The molecule has 2 heterocycles. The van der Waals surface area contributed by atoms with E-state index in [1.807, 2.05) is 24.0 Å². The lowest BCUT2D eigenvalue weighted by atomic mass is 10.1. The molecule has 0 unspecified atom stereocenters. The Kier molecular flexibility index (Phi) is 3.06. The maximum absolute atomic E-state index is 12.5. The molecule has 3 nitrogen and oxygen atoms in total. The van der Waals surface area contributed by atoms with Gasteiger partial charge in [-0.3, -0.25) is 4.79 Å². The number of benzene rings is 1. The second kappa shape index (κ2) is 4.71. The quantitative estimate of drug-likeness (QED) is 0.853. The molecular weight excluding hydrogens is 244 g/mol. The van der Waals surface area contributed by atoms with Gasteiger partial charge in [0.25, 0.3) is 5.91 Å². The van der Waals surface area contributed by atoms with Gasteiger partial charge in [0.1, 0.15) is 0 Å². The fourth-order valence-electron chi connectivity index (χ4n) is 2.39. The van der Waals surface area contributed by atoms with Crippen LogP contribution in [0.1, 0.15) is 15.2 Å². The molecule has 1 N–H and O–H groups in total. The van der Waals surface area contributed by atoms with Gasteiger partial charge in [-0.15, -0.1) is 11.3 Å². The molecule has 0 spiro atoms. The minimum absolute atomic E-state index is 0.190. The molecule has 1 amide bonds. The standard InChI is InChI=1S/C14H16N2OS/c1-10-11-4-2-3-5-12(11)18-13(10)14(17)16-8-6-15-7-9-16/h2-5,15H,6-9H2,1H3. The van der Waals surface area contributed by atoms with Crippen LogP contribution in [0.5, 0.6) is 0 Å². The smallest absolute Gasteiger partial charge is 0.264 e. The Morgan fingerprint density at radius 1 is 1.28 bits per heavy atom. The molecule has 18 heavy (non-hydrogen) atoms. The van der Waals surface area contributed by atoms with E-state index in [2.05, 4.69) is 17.4 Å². The zero-order valence-corrected chi connectivity index (χ0v) is 11.2. The van der Waals surface area contributed by atoms with Crippen LogP contribution >= 0.6 is 11.3 Å². The van der Waals surface area contributed by atoms with Gasteiger partial charge in [0.15, 0.2) is 0 Å². The van der Waals surface area contributed by atoms with Crippen molar-refractivity contribution in [2.45, 2.75) is 6.92 Å². The fourth-order valence-corrected chi connectivity index (χ4v) is 3.57. The highest BCUT2D eigenvalue weighted by Crippen LogP contribution is 2.31. The van der Waals surface area contributed by atoms with E-state index in [0.717, 1.165) is 36.6 Å². The molecule has 0 atom stereocenters. The summed E-state index contributed by atoms with van der Waals surface area (Å²) in [6.07, 6.45) is 0. The lowest BCUT2D eigenvalue weighted by Gasteiger charge is -2.27. The highest BCUT2D eigenvalue weighted by atomic mass is 32.1. The maximum Gasteiger partial charge on any atom is 0.264 e. The van der Waals surface area contributed by atoms with Crippen molar-refractivity contribution in [3.8, 4) is 0 Å². The maximum atomic E-state index is 12.5. The SMILES string of the molecule is Cc1c(C(=O)N2CCNCC2)sc2ccccc12. The lowest BCUT2D eigenvalue weighted by Crippen LogP contribution is -2.46. The van der Waals surface area contributed by atoms with Crippen LogP contribution < -0.4 is 5.32 Å². The van der Waals surface area contributed by atoms with Gasteiger partial charge in [0, 0.05) is 30.9 Å². The van der Waals surface area contributed by atoms with E-state index < -0.39 is 0 Å². The van der Waals surface area contributed by atoms with Crippen molar-refractivity contribution < 1.29 is 4.79 Å². The monoisotopic (exact) mass is 260 g/mol. The zero-order chi connectivity index (χ0) is 12.5. The van der Waals surface area contributed by atoms with Gasteiger partial charge in [-0.05, 0) is 23.9 Å². The number of hydrogen-bond donors (Lipinski definition) is 1. The Hall–Kier alpha value is -1.39. The molecular formula is C14H16N2OS. The van der Waals surface area contributed by atoms with E-state index in [0.29, 0.717) is 0 Å². The molecule has 0 saturated carbocycles. The third-order valence-corrected chi connectivity index (χ3v) is 4.70. The summed E-state index contributed by atoms with van der Waals surface area (Å²) in [5.41, 5.74) is 1.12. The minimum Gasteiger partial charge on any atom is -0.335 e. The summed E-state index contributed by atoms with van der Waals surface area (Å²) in [7, 11) is 0. The van der Waals surface area contributed by atoms with Crippen molar-refractivity contribution >= 4 is 27.3 Å². The first kappa shape index (κ1) is 11.7. The van der Waals surface area contributed by atoms with E-state index in [1.54, 1.807) is 11.3 Å². The lowest BCUT2D eigenvalue weighted by molar-refractivity contribution is 0.0740. The molecule has 0 radical (unpaired) electrons. The molecule has 94 valence electrons. The zero-order valence-electron chi connectivity index (χ0n) is 10.4. The van der Waals surface area contributed by atoms with E-state index in [4.69, 9.17) is 0 Å². The van der Waals surface area contributed by atoms with Crippen molar-refractivity contribution in [3.63, 3.8) is 0 Å². The number of carbonyl (C=O) groups is 1. The second-order valence-electron chi connectivity index (χ2n) is 4.59. The van der Waals surface area contributed by atoms with Crippen molar-refractivity contribution in [2.75, 3.05) is 26.2 Å². The molecule has 1 aliphatic rings. The summed E-state index contributed by atoms with van der Waals surface area (Å²) in [5.74, 6) is 0.190. The van der Waals surface area contributed by atoms with Gasteiger partial charge in [-0.25, -0.2) is 0 Å². The molecule has 1 fully saturated rings. The molecule has 1 aromatic carbocycles. The Labute approximate surface area is 110 Å². The Morgan fingerprint density at radius 3 is 2.72 bits per heavy atom. The van der Waals surface area contributed by atoms with Crippen LogP contribution in [-0.2, 0) is 0 Å². The van der Waals surface area contributed by atoms with Gasteiger partial charge < -0.3 is 10.2 Å². The van der Waals surface area contributed by atoms with Gasteiger partial charge in [0.05, 0.1) is 4.88 Å². The average molecular weight is 260 g/mol. The highest BCUT2D eigenvalue weighted by molar-refractivity contribution is 7.21. The predicted octanol–water partition coefficient (Wildman–Crippen LogP) is 2.26. The van der Waals surface area contributed by atoms with Crippen LogP contribution in [0.2, 0.25) is 0 Å². The number of aryl methyl sites for hydroxylation is 1. The Morgan fingerprint density at radius 2 is 2.00 bits per heavy atom. The number of thiophene rings is 1. The Balaban J connectivity index is 1.98. The largest absolute Gasteiger partial charge is 0.335 e. The summed E-state index contributed by atoms with van der Waals surface area (Å²) in [4.78, 5) is 15.4. The molecule has 4 heteroatoms. The first-order valence-electron chi connectivity index (χ1n) is 6.25. The normalized spacial score (nSPS) is 16.2. The van der Waals surface area contributed by atoms with Gasteiger partial charge in [0.2, 0.25) is 0 Å². The number of nitrogens with one attached hydrogen (secondary N) is 1. The average Bonchev–Trinajstić information content (AvgIpc) is 2.77. The minimum atomic E-state index is 0.190. The molecule has 2 aromatic rings. The van der Waals surface area contributed by atoms with Crippen molar-refractivity contribution in [1.82, 2.24) is 10.2 Å². The molecule has 0 bridgehead atoms. The van der Waals surface area contributed by atoms with Crippen LogP contribution in [0.4, 0.5) is 0 Å². The topological polar surface area (TPSA) is 32.3 Å². The highest BCUT2D eigenvalue weighted by Gasteiger charge is 2.22. The number of piperazine rings is 1.